The number of piperidine rings is 1. The van der Waals surface area contributed by atoms with Crippen molar-refractivity contribution in [2.75, 3.05) is 33.8 Å². The summed E-state index contributed by atoms with van der Waals surface area (Å²) in [5.41, 5.74) is 13.5. The second-order valence-corrected chi connectivity index (χ2v) is 7.61. The third kappa shape index (κ3) is 2.96. The highest BCUT2D eigenvalue weighted by molar-refractivity contribution is 5.45. The van der Waals surface area contributed by atoms with Crippen LogP contribution in [0.5, 0.6) is 5.75 Å². The van der Waals surface area contributed by atoms with E-state index >= 15 is 0 Å². The summed E-state index contributed by atoms with van der Waals surface area (Å²) >= 11 is 0. The maximum atomic E-state index is 5.51. The summed E-state index contributed by atoms with van der Waals surface area (Å²) in [6, 6.07) is 7.60. The number of hydrogen-bond acceptors (Lipinski definition) is 4. The number of rotatable bonds is 2. The average molecular weight is 332 g/mol. The Morgan fingerprint density at radius 3 is 2.71 bits per heavy atom. The van der Waals surface area contributed by atoms with E-state index in [2.05, 4.69) is 30.1 Å². The highest BCUT2D eigenvalue weighted by Crippen LogP contribution is 2.55. The predicted octanol–water partition coefficient (Wildman–Crippen LogP) is 2.29. The molecule has 134 valence electrons. The minimum absolute atomic E-state index is 0.456. The molecule has 1 saturated carbocycles. The topological polar surface area (TPSA) is 64.5 Å². The van der Waals surface area contributed by atoms with Crippen molar-refractivity contribution in [2.45, 2.75) is 50.0 Å². The first-order chi connectivity index (χ1) is 11.7. The Bertz CT molecular complexity index is 560. The average Bonchev–Trinajstić information content (AvgIpc) is 2.64. The van der Waals surface area contributed by atoms with Gasteiger partial charge in [-0.25, -0.2) is 0 Å². The lowest BCUT2D eigenvalue weighted by Gasteiger charge is -2.58. The molecule has 0 radical (unpaired) electrons. The highest BCUT2D eigenvalue weighted by atomic mass is 16.5. The lowest BCUT2D eigenvalue weighted by molar-refractivity contribution is 0.00274. The van der Waals surface area contributed by atoms with Gasteiger partial charge in [0.25, 0.3) is 0 Å². The van der Waals surface area contributed by atoms with Crippen LogP contribution in [-0.4, -0.2) is 44.7 Å². The number of likely N-dealkylation sites (N-methyl/N-ethyl adjacent to an activating group) is 1. The number of benzene rings is 1. The van der Waals surface area contributed by atoms with E-state index in [4.69, 9.17) is 16.2 Å². The molecule has 4 nitrogen and oxygen atoms in total. The number of methoxy groups -OCH3 is 1. The number of nitrogens with zero attached hydrogens (tertiary/aromatic N) is 1. The minimum atomic E-state index is 0.456. The molecule has 3 atom stereocenters. The first-order valence-corrected chi connectivity index (χ1v) is 9.44. The molecule has 3 aliphatic rings. The Morgan fingerprint density at radius 1 is 1.21 bits per heavy atom. The van der Waals surface area contributed by atoms with Gasteiger partial charge in [-0.05, 0) is 68.5 Å². The number of nitrogens with two attached hydrogens (primary N) is 2. The molecule has 1 aliphatic heterocycles. The summed E-state index contributed by atoms with van der Waals surface area (Å²) in [5, 5.41) is 0. The maximum Gasteiger partial charge on any atom is 0.119 e. The first-order valence-electron chi connectivity index (χ1n) is 9.44. The molecule has 4 rings (SSSR count). The fourth-order valence-corrected chi connectivity index (χ4v) is 5.30. The van der Waals surface area contributed by atoms with Crippen LogP contribution in [0.4, 0.5) is 0 Å². The molecule has 2 bridgehead atoms. The van der Waals surface area contributed by atoms with Crippen LogP contribution >= 0.6 is 0 Å². The molecule has 0 aromatic heterocycles. The molecule has 0 unspecified atom stereocenters. The third-order valence-corrected chi connectivity index (χ3v) is 6.49. The molecule has 1 heterocycles. The molecule has 24 heavy (non-hydrogen) atoms. The number of ether oxygens (including phenoxy) is 1. The van der Waals surface area contributed by atoms with Gasteiger partial charge in [-0.1, -0.05) is 18.9 Å². The molecule has 1 aromatic carbocycles. The van der Waals surface area contributed by atoms with Gasteiger partial charge in [0, 0.05) is 24.5 Å². The Kier molecular flexibility index (Phi) is 5.48. The van der Waals surface area contributed by atoms with Crippen LogP contribution in [0.1, 0.15) is 43.2 Å². The molecule has 1 saturated heterocycles. The highest BCUT2D eigenvalue weighted by Gasteiger charge is 2.53. The van der Waals surface area contributed by atoms with Gasteiger partial charge in [-0.3, -0.25) is 0 Å². The van der Waals surface area contributed by atoms with E-state index in [0.717, 1.165) is 17.7 Å². The molecule has 2 aliphatic carbocycles. The Hall–Kier alpha value is -1.10. The lowest BCUT2D eigenvalue weighted by Crippen LogP contribution is -2.59. The van der Waals surface area contributed by atoms with Gasteiger partial charge in [0.2, 0.25) is 0 Å². The normalized spacial score (nSPS) is 31.3. The van der Waals surface area contributed by atoms with Crippen LogP contribution in [0.2, 0.25) is 0 Å². The second kappa shape index (κ2) is 7.42. The first kappa shape index (κ1) is 17.7. The fourth-order valence-electron chi connectivity index (χ4n) is 5.30. The molecule has 4 heteroatoms. The van der Waals surface area contributed by atoms with Crippen LogP contribution in [0.25, 0.3) is 0 Å². The van der Waals surface area contributed by atoms with Crippen molar-refractivity contribution >= 4 is 0 Å². The van der Waals surface area contributed by atoms with Crippen molar-refractivity contribution in [3.8, 4) is 5.75 Å². The van der Waals surface area contributed by atoms with E-state index in [-0.39, 0.29) is 0 Å². The molecule has 1 aromatic rings. The SMILES string of the molecule is COc1ccc2c(c1)[C@]13CCCC[C@@H]1[C@H](C2)N(C)CC3.NCCN. The summed E-state index contributed by atoms with van der Waals surface area (Å²) in [4.78, 5) is 2.63. The Labute approximate surface area is 146 Å². The van der Waals surface area contributed by atoms with Gasteiger partial charge in [0.1, 0.15) is 5.75 Å². The predicted molar refractivity (Wildman–Crippen MR) is 99.5 cm³/mol. The van der Waals surface area contributed by atoms with Crippen LogP contribution < -0.4 is 16.2 Å². The number of fused-ring (bicyclic) bond motifs is 1. The standard InChI is InChI=1S/C18H25NO.C2H8N2/c1-19-10-9-18-8-4-3-5-15(18)17(19)11-13-6-7-14(20-2)12-16(13)18;3-1-2-4/h6-7,12,15,17H,3-5,8-11H2,1-2H3;1-4H2/t15-,17+,18+;/m1./s1. The van der Waals surface area contributed by atoms with Gasteiger partial charge in [0.05, 0.1) is 7.11 Å². The van der Waals surface area contributed by atoms with Gasteiger partial charge in [-0.2, -0.15) is 0 Å². The van der Waals surface area contributed by atoms with E-state index < -0.39 is 0 Å². The van der Waals surface area contributed by atoms with Crippen LogP contribution in [0, 0.1) is 5.92 Å². The van der Waals surface area contributed by atoms with Crippen molar-refractivity contribution < 1.29 is 4.74 Å². The Morgan fingerprint density at radius 2 is 2.00 bits per heavy atom. The lowest BCUT2D eigenvalue weighted by atomic mass is 9.52. The minimum Gasteiger partial charge on any atom is -0.497 e. The second-order valence-electron chi connectivity index (χ2n) is 7.61. The van der Waals surface area contributed by atoms with Crippen molar-refractivity contribution in [3.05, 3.63) is 29.3 Å². The summed E-state index contributed by atoms with van der Waals surface area (Å²) in [6.07, 6.45) is 8.22. The summed E-state index contributed by atoms with van der Waals surface area (Å²) < 4.78 is 5.51. The van der Waals surface area contributed by atoms with E-state index in [1.54, 1.807) is 18.2 Å². The van der Waals surface area contributed by atoms with Crippen molar-refractivity contribution in [2.24, 2.45) is 17.4 Å². The van der Waals surface area contributed by atoms with E-state index in [9.17, 15) is 0 Å². The van der Waals surface area contributed by atoms with E-state index in [1.807, 2.05) is 0 Å². The Balaban J connectivity index is 0.000000383. The van der Waals surface area contributed by atoms with E-state index in [0.29, 0.717) is 18.5 Å². The fraction of sp³-hybridized carbons (Fsp3) is 0.700. The molecule has 4 N–H and O–H groups in total. The van der Waals surface area contributed by atoms with Gasteiger partial charge in [0.15, 0.2) is 0 Å². The van der Waals surface area contributed by atoms with Crippen molar-refractivity contribution in [1.82, 2.24) is 4.90 Å². The molecular formula is C20H33N3O. The zero-order valence-electron chi connectivity index (χ0n) is 15.3. The van der Waals surface area contributed by atoms with Gasteiger partial charge >= 0.3 is 0 Å². The van der Waals surface area contributed by atoms with Gasteiger partial charge in [-0.15, -0.1) is 0 Å². The molecular weight excluding hydrogens is 298 g/mol. The largest absolute Gasteiger partial charge is 0.497 e. The monoisotopic (exact) mass is 331 g/mol. The summed E-state index contributed by atoms with van der Waals surface area (Å²) in [7, 11) is 4.12. The van der Waals surface area contributed by atoms with Crippen LogP contribution in [-0.2, 0) is 11.8 Å². The van der Waals surface area contributed by atoms with Gasteiger partial charge < -0.3 is 21.1 Å². The summed E-state index contributed by atoms with van der Waals surface area (Å²) in [5.74, 6) is 1.91. The van der Waals surface area contributed by atoms with Crippen LogP contribution in [0.3, 0.4) is 0 Å². The van der Waals surface area contributed by atoms with Crippen molar-refractivity contribution in [3.63, 3.8) is 0 Å². The van der Waals surface area contributed by atoms with E-state index in [1.165, 1.54) is 45.1 Å². The molecule has 2 fully saturated rings. The maximum absolute atomic E-state index is 5.51. The smallest absolute Gasteiger partial charge is 0.119 e. The molecule has 0 spiro atoms. The summed E-state index contributed by atoms with van der Waals surface area (Å²) in [6.45, 7) is 2.46. The third-order valence-electron chi connectivity index (χ3n) is 6.49. The molecule has 0 amide bonds. The number of hydrogen-bond donors (Lipinski definition) is 2. The number of likely N-dealkylation sites (tertiary alicyclic amines) is 1. The van der Waals surface area contributed by atoms with Crippen molar-refractivity contribution in [1.29, 1.82) is 0 Å². The quantitative estimate of drug-likeness (QED) is 0.873. The van der Waals surface area contributed by atoms with Crippen LogP contribution in [0.15, 0.2) is 18.2 Å². The zero-order valence-corrected chi connectivity index (χ0v) is 15.3. The zero-order chi connectivity index (χ0) is 17.2.